The molecule has 0 radical (unpaired) electrons. The first-order valence-corrected chi connectivity index (χ1v) is 21.4. The number of aromatic nitrogens is 5. The highest BCUT2D eigenvalue weighted by molar-refractivity contribution is 6.19. The molecule has 7 nitrogen and oxygen atoms in total. The summed E-state index contributed by atoms with van der Waals surface area (Å²) in [4.78, 5) is 16.1. The molecule has 0 N–H and O–H groups in total. The van der Waals surface area contributed by atoms with Gasteiger partial charge in [0.1, 0.15) is 16.7 Å². The molecule has 0 atom stereocenters. The fourth-order valence-electron chi connectivity index (χ4n) is 10.00. The Morgan fingerprint density at radius 3 is 1.38 bits per heavy atom. The molecule has 298 valence electrons. The third kappa shape index (κ3) is 5.00. The predicted octanol–water partition coefficient (Wildman–Crippen LogP) is 14.9. The van der Waals surface area contributed by atoms with Crippen LogP contribution in [-0.2, 0) is 0 Å². The first-order chi connectivity index (χ1) is 31.7. The van der Waals surface area contributed by atoms with E-state index in [-0.39, 0.29) is 0 Å². The molecule has 7 heteroatoms. The topological polar surface area (TPSA) is 74.8 Å². The van der Waals surface area contributed by atoms with E-state index < -0.39 is 0 Å². The van der Waals surface area contributed by atoms with E-state index in [4.69, 9.17) is 23.8 Å². The second-order valence-electron chi connectivity index (χ2n) is 16.3. The summed E-state index contributed by atoms with van der Waals surface area (Å²) in [5.41, 5.74) is 11.8. The molecule has 0 saturated heterocycles. The summed E-state index contributed by atoms with van der Waals surface area (Å²) in [6.07, 6.45) is 0. The lowest BCUT2D eigenvalue weighted by molar-refractivity contribution is 0.668. The van der Waals surface area contributed by atoms with Gasteiger partial charge in [-0.1, -0.05) is 140 Å². The fourth-order valence-corrected chi connectivity index (χ4v) is 10.00. The van der Waals surface area contributed by atoms with Gasteiger partial charge in [0.15, 0.2) is 23.1 Å². The highest BCUT2D eigenvalue weighted by atomic mass is 16.3. The predicted molar refractivity (Wildman–Crippen MR) is 259 cm³/mol. The van der Waals surface area contributed by atoms with E-state index in [0.717, 1.165) is 99.2 Å². The van der Waals surface area contributed by atoms with Gasteiger partial charge in [-0.15, -0.1) is 0 Å². The van der Waals surface area contributed by atoms with E-state index in [1.807, 2.05) is 72.8 Å². The standard InChI is InChI=1S/C57H33N5O2/c1-2-16-34(17-3-1)55-58-56(35-30-31-51-42(32-35)40-22-8-14-28-49(40)63-51)60-57(59-55)53-48(62-45-26-12-6-20-38(45)39-21-7-13-27-46(39)62)33-47(52-41-23-9-15-29-50(41)64-54(52)53)61-43-24-10-4-18-36(43)37-19-5-11-25-44(37)61/h1-33H. The molecule has 0 fully saturated rings. The number of furan rings is 2. The number of nitrogens with zero attached hydrogens (tertiary/aromatic N) is 5. The summed E-state index contributed by atoms with van der Waals surface area (Å²) >= 11 is 0. The Hall–Kier alpha value is -8.81. The second kappa shape index (κ2) is 13.3. The van der Waals surface area contributed by atoms with Crippen LogP contribution in [0.15, 0.2) is 209 Å². The zero-order valence-corrected chi connectivity index (χ0v) is 34.1. The number of benzene rings is 9. The SMILES string of the molecule is c1ccc(-c2nc(-c3ccc4oc5ccccc5c4c3)nc(-c3c(-n4c5ccccc5c5ccccc54)cc(-n4c5ccccc5c5ccccc54)c4c3oc3ccccc34)n2)cc1. The summed E-state index contributed by atoms with van der Waals surface area (Å²) in [6.45, 7) is 0. The molecule has 0 unspecified atom stereocenters. The second-order valence-corrected chi connectivity index (χ2v) is 16.3. The Kier molecular flexibility index (Phi) is 7.27. The molecular weight excluding hydrogens is 787 g/mol. The van der Waals surface area contributed by atoms with Crippen LogP contribution < -0.4 is 0 Å². The Morgan fingerprint density at radius 1 is 0.312 bits per heavy atom. The molecule has 14 rings (SSSR count). The maximum Gasteiger partial charge on any atom is 0.170 e. The van der Waals surface area contributed by atoms with Gasteiger partial charge in [0.25, 0.3) is 0 Å². The minimum atomic E-state index is 0.496. The van der Waals surface area contributed by atoms with E-state index in [9.17, 15) is 0 Å². The molecule has 64 heavy (non-hydrogen) atoms. The number of hydrogen-bond acceptors (Lipinski definition) is 5. The summed E-state index contributed by atoms with van der Waals surface area (Å²) in [7, 11) is 0. The summed E-state index contributed by atoms with van der Waals surface area (Å²) < 4.78 is 18.2. The van der Waals surface area contributed by atoms with Gasteiger partial charge in [-0.3, -0.25) is 0 Å². The molecular formula is C57H33N5O2. The van der Waals surface area contributed by atoms with Crippen molar-refractivity contribution >= 4 is 87.5 Å². The minimum absolute atomic E-state index is 0.496. The van der Waals surface area contributed by atoms with Crippen LogP contribution >= 0.6 is 0 Å². The van der Waals surface area contributed by atoms with Crippen molar-refractivity contribution < 1.29 is 8.83 Å². The third-order valence-corrected chi connectivity index (χ3v) is 12.8. The van der Waals surface area contributed by atoms with E-state index in [2.05, 4.69) is 137 Å². The van der Waals surface area contributed by atoms with Gasteiger partial charge in [0, 0.05) is 48.8 Å². The van der Waals surface area contributed by atoms with Crippen LogP contribution in [0.5, 0.6) is 0 Å². The average Bonchev–Trinajstić information content (AvgIpc) is 4.11. The molecule has 0 aliphatic rings. The first kappa shape index (κ1) is 34.9. The Morgan fingerprint density at radius 2 is 0.766 bits per heavy atom. The van der Waals surface area contributed by atoms with Crippen LogP contribution in [0.25, 0.3) is 133 Å². The lowest BCUT2D eigenvalue weighted by atomic mass is 10.0. The third-order valence-electron chi connectivity index (χ3n) is 12.8. The molecule has 5 heterocycles. The van der Waals surface area contributed by atoms with Crippen molar-refractivity contribution in [2.24, 2.45) is 0 Å². The molecule has 0 aliphatic heterocycles. The smallest absolute Gasteiger partial charge is 0.170 e. The van der Waals surface area contributed by atoms with Crippen LogP contribution in [0.3, 0.4) is 0 Å². The Balaban J connectivity index is 1.17. The lowest BCUT2D eigenvalue weighted by Gasteiger charge is -2.19. The van der Waals surface area contributed by atoms with Crippen molar-refractivity contribution in [3.8, 4) is 45.5 Å². The van der Waals surface area contributed by atoms with Crippen LogP contribution in [0, 0.1) is 0 Å². The zero-order valence-electron chi connectivity index (χ0n) is 34.1. The molecule has 0 aliphatic carbocycles. The van der Waals surface area contributed by atoms with Crippen molar-refractivity contribution in [2.45, 2.75) is 0 Å². The van der Waals surface area contributed by atoms with E-state index >= 15 is 0 Å². The number of fused-ring (bicyclic) bond motifs is 12. The monoisotopic (exact) mass is 819 g/mol. The normalized spacial score (nSPS) is 12.1. The van der Waals surface area contributed by atoms with Crippen molar-refractivity contribution in [3.63, 3.8) is 0 Å². The number of para-hydroxylation sites is 6. The van der Waals surface area contributed by atoms with Gasteiger partial charge in [-0.25, -0.2) is 15.0 Å². The molecule has 0 saturated carbocycles. The lowest BCUT2D eigenvalue weighted by Crippen LogP contribution is -2.06. The van der Waals surface area contributed by atoms with Gasteiger partial charge in [0.2, 0.25) is 0 Å². The molecule has 0 amide bonds. The fraction of sp³-hybridized carbons (Fsp3) is 0. The maximum absolute atomic E-state index is 7.21. The highest BCUT2D eigenvalue weighted by Gasteiger charge is 2.28. The van der Waals surface area contributed by atoms with Crippen LogP contribution in [0.4, 0.5) is 0 Å². The summed E-state index contributed by atoms with van der Waals surface area (Å²) in [5.74, 6) is 1.59. The van der Waals surface area contributed by atoms with Crippen LogP contribution in [0.2, 0.25) is 0 Å². The molecule has 9 aromatic carbocycles. The highest BCUT2D eigenvalue weighted by Crippen LogP contribution is 2.47. The quantitative estimate of drug-likeness (QED) is 0.173. The van der Waals surface area contributed by atoms with Crippen LogP contribution in [-0.4, -0.2) is 24.1 Å². The van der Waals surface area contributed by atoms with E-state index in [1.165, 1.54) is 10.8 Å². The van der Waals surface area contributed by atoms with Gasteiger partial charge < -0.3 is 18.0 Å². The molecule has 14 aromatic rings. The van der Waals surface area contributed by atoms with Crippen molar-refractivity contribution in [3.05, 3.63) is 200 Å². The molecule has 5 aromatic heterocycles. The maximum atomic E-state index is 7.21. The van der Waals surface area contributed by atoms with Gasteiger partial charge in [-0.05, 0) is 60.7 Å². The largest absolute Gasteiger partial charge is 0.456 e. The Labute approximate surface area is 364 Å². The van der Waals surface area contributed by atoms with Gasteiger partial charge in [-0.2, -0.15) is 0 Å². The number of rotatable bonds is 5. The summed E-state index contributed by atoms with van der Waals surface area (Å²) in [6, 6.07) is 69.6. The summed E-state index contributed by atoms with van der Waals surface area (Å²) in [5, 5.41) is 8.66. The van der Waals surface area contributed by atoms with Crippen molar-refractivity contribution in [2.75, 3.05) is 0 Å². The van der Waals surface area contributed by atoms with Gasteiger partial charge >= 0.3 is 0 Å². The molecule has 0 bridgehead atoms. The average molecular weight is 820 g/mol. The first-order valence-electron chi connectivity index (χ1n) is 21.4. The van der Waals surface area contributed by atoms with E-state index in [1.54, 1.807) is 0 Å². The number of hydrogen-bond donors (Lipinski definition) is 0. The molecule has 0 spiro atoms. The van der Waals surface area contributed by atoms with Crippen molar-refractivity contribution in [1.29, 1.82) is 0 Å². The van der Waals surface area contributed by atoms with Gasteiger partial charge in [0.05, 0.1) is 44.4 Å². The van der Waals surface area contributed by atoms with Crippen molar-refractivity contribution in [1.82, 2.24) is 24.1 Å². The Bertz CT molecular complexity index is 4100. The minimum Gasteiger partial charge on any atom is -0.456 e. The zero-order chi connectivity index (χ0) is 41.9. The van der Waals surface area contributed by atoms with E-state index in [0.29, 0.717) is 23.1 Å². The van der Waals surface area contributed by atoms with Crippen LogP contribution in [0.1, 0.15) is 0 Å².